The van der Waals surface area contributed by atoms with Gasteiger partial charge in [-0.1, -0.05) is 127 Å². The zero-order chi connectivity index (χ0) is 33.7. The van der Waals surface area contributed by atoms with Crippen molar-refractivity contribution in [2.24, 2.45) is 0 Å². The molecule has 0 amide bonds. The molecule has 0 atom stereocenters. The normalized spacial score (nSPS) is 11.5. The summed E-state index contributed by atoms with van der Waals surface area (Å²) >= 11 is 0. The number of furan rings is 1. The summed E-state index contributed by atoms with van der Waals surface area (Å²) in [6.45, 7) is 0. The Morgan fingerprint density at radius 3 is 1.84 bits per heavy atom. The molecule has 2 heterocycles. The molecule has 4 heteroatoms. The molecule has 0 aliphatic heterocycles. The maximum absolute atomic E-state index is 6.56. The summed E-state index contributed by atoms with van der Waals surface area (Å²) < 4.78 is 12.9. The van der Waals surface area contributed by atoms with Crippen molar-refractivity contribution in [3.05, 3.63) is 182 Å². The molecule has 0 spiro atoms. The number of oxazole rings is 1. The van der Waals surface area contributed by atoms with E-state index in [1.807, 2.05) is 36.4 Å². The molecule has 0 fully saturated rings. The predicted octanol–water partition coefficient (Wildman–Crippen LogP) is 13.4. The van der Waals surface area contributed by atoms with Gasteiger partial charge in [-0.15, -0.1) is 0 Å². The van der Waals surface area contributed by atoms with Gasteiger partial charge in [0.25, 0.3) is 0 Å². The number of anilines is 3. The number of para-hydroxylation sites is 2. The van der Waals surface area contributed by atoms with Crippen molar-refractivity contribution in [2.75, 3.05) is 4.90 Å². The van der Waals surface area contributed by atoms with Crippen LogP contribution in [-0.4, -0.2) is 4.98 Å². The van der Waals surface area contributed by atoms with Crippen molar-refractivity contribution < 1.29 is 8.83 Å². The smallest absolute Gasteiger partial charge is 0.227 e. The molecule has 8 aromatic carbocycles. The molecule has 240 valence electrons. The molecule has 0 saturated carbocycles. The Bertz CT molecular complexity index is 2840. The van der Waals surface area contributed by atoms with Gasteiger partial charge in [0.2, 0.25) is 5.89 Å². The molecular formula is C47H30N2O2. The summed E-state index contributed by atoms with van der Waals surface area (Å²) in [6.07, 6.45) is 0. The van der Waals surface area contributed by atoms with Crippen molar-refractivity contribution in [2.45, 2.75) is 0 Å². The van der Waals surface area contributed by atoms with Gasteiger partial charge in [0.15, 0.2) is 5.58 Å². The van der Waals surface area contributed by atoms with Crippen molar-refractivity contribution >= 4 is 60.9 Å². The summed E-state index contributed by atoms with van der Waals surface area (Å²) in [5.74, 6) is 0.622. The average molecular weight is 655 g/mol. The Morgan fingerprint density at radius 2 is 1.02 bits per heavy atom. The minimum absolute atomic E-state index is 0.622. The van der Waals surface area contributed by atoms with Crippen LogP contribution in [0.5, 0.6) is 0 Å². The van der Waals surface area contributed by atoms with Gasteiger partial charge in [-0.2, -0.15) is 0 Å². The number of hydrogen-bond acceptors (Lipinski definition) is 4. The minimum Gasteiger partial charge on any atom is -0.456 e. The Morgan fingerprint density at radius 1 is 0.412 bits per heavy atom. The maximum atomic E-state index is 6.56. The van der Waals surface area contributed by atoms with Gasteiger partial charge in [0.1, 0.15) is 16.7 Å². The van der Waals surface area contributed by atoms with E-state index in [1.54, 1.807) is 0 Å². The van der Waals surface area contributed by atoms with E-state index in [0.717, 1.165) is 77.6 Å². The zero-order valence-corrected chi connectivity index (χ0v) is 27.5. The van der Waals surface area contributed by atoms with Crippen LogP contribution in [0.25, 0.3) is 77.5 Å². The second-order valence-corrected chi connectivity index (χ2v) is 12.7. The summed E-state index contributed by atoms with van der Waals surface area (Å²) in [7, 11) is 0. The van der Waals surface area contributed by atoms with Gasteiger partial charge in [-0.3, -0.25) is 0 Å². The first-order chi connectivity index (χ1) is 25.3. The van der Waals surface area contributed by atoms with Crippen molar-refractivity contribution in [3.8, 4) is 33.7 Å². The highest BCUT2D eigenvalue weighted by Crippen LogP contribution is 2.44. The summed E-state index contributed by atoms with van der Waals surface area (Å²) in [4.78, 5) is 7.25. The van der Waals surface area contributed by atoms with Crippen LogP contribution in [0.15, 0.2) is 191 Å². The number of benzene rings is 8. The molecule has 0 aliphatic carbocycles. The Kier molecular flexibility index (Phi) is 6.78. The third-order valence-corrected chi connectivity index (χ3v) is 9.73. The Labute approximate surface area is 294 Å². The minimum atomic E-state index is 0.622. The van der Waals surface area contributed by atoms with Gasteiger partial charge >= 0.3 is 0 Å². The van der Waals surface area contributed by atoms with E-state index >= 15 is 0 Å². The van der Waals surface area contributed by atoms with E-state index in [9.17, 15) is 0 Å². The highest BCUT2D eigenvalue weighted by Gasteiger charge is 2.20. The monoisotopic (exact) mass is 654 g/mol. The lowest BCUT2D eigenvalue weighted by atomic mass is 10.0. The quantitative estimate of drug-likeness (QED) is 0.179. The van der Waals surface area contributed by atoms with Crippen LogP contribution in [0.3, 0.4) is 0 Å². The van der Waals surface area contributed by atoms with Gasteiger partial charge in [0.05, 0.1) is 11.1 Å². The molecule has 0 saturated heterocycles. The number of fused-ring (bicyclic) bond motifs is 5. The topological polar surface area (TPSA) is 42.4 Å². The number of rotatable bonds is 6. The Hall–Kier alpha value is -6.91. The molecule has 10 rings (SSSR count). The zero-order valence-electron chi connectivity index (χ0n) is 27.5. The van der Waals surface area contributed by atoms with E-state index in [2.05, 4.69) is 150 Å². The van der Waals surface area contributed by atoms with Crippen LogP contribution in [0.2, 0.25) is 0 Å². The van der Waals surface area contributed by atoms with Crippen LogP contribution >= 0.6 is 0 Å². The maximum Gasteiger partial charge on any atom is 0.227 e. The molecule has 0 unspecified atom stereocenters. The number of nitrogens with zero attached hydrogens (tertiary/aromatic N) is 2. The first kappa shape index (κ1) is 29.0. The molecule has 10 aromatic rings. The third-order valence-electron chi connectivity index (χ3n) is 9.73. The fourth-order valence-electron chi connectivity index (χ4n) is 7.30. The van der Waals surface area contributed by atoms with Crippen LogP contribution in [0.4, 0.5) is 17.1 Å². The molecule has 51 heavy (non-hydrogen) atoms. The van der Waals surface area contributed by atoms with Crippen LogP contribution in [0.1, 0.15) is 0 Å². The fraction of sp³-hybridized carbons (Fsp3) is 0. The van der Waals surface area contributed by atoms with E-state index < -0.39 is 0 Å². The summed E-state index contributed by atoms with van der Waals surface area (Å²) in [5, 5.41) is 4.45. The fourth-order valence-corrected chi connectivity index (χ4v) is 7.30. The van der Waals surface area contributed by atoms with E-state index in [4.69, 9.17) is 13.8 Å². The standard InChI is InChI=1S/C47H30N2O2/c1-2-11-31(12-3-1)32-23-27-35(28-24-32)49(42-20-10-22-44-45(42)40-16-6-7-21-43(40)50-44)36-29-25-34(26-30-36)38-17-9-19-41-46(38)51-47(48-41)39-18-8-14-33-13-4-5-15-37(33)39/h1-30H. The SMILES string of the molecule is c1ccc(-c2ccc(N(c3ccc(-c4cccc5nc(-c6cccc7ccccc67)oc45)cc3)c3cccc4oc5ccccc5c34)cc2)cc1. The van der Waals surface area contributed by atoms with Crippen molar-refractivity contribution in [1.82, 2.24) is 4.98 Å². The van der Waals surface area contributed by atoms with Crippen LogP contribution < -0.4 is 4.90 Å². The average Bonchev–Trinajstić information content (AvgIpc) is 3.81. The highest BCUT2D eigenvalue weighted by molar-refractivity contribution is 6.13. The van der Waals surface area contributed by atoms with Gasteiger partial charge in [-0.05, 0) is 82.1 Å². The summed E-state index contributed by atoms with van der Waals surface area (Å²) in [6, 6.07) is 63.3. The van der Waals surface area contributed by atoms with Gasteiger partial charge in [0, 0.05) is 27.9 Å². The lowest BCUT2D eigenvalue weighted by Crippen LogP contribution is -2.10. The largest absolute Gasteiger partial charge is 0.456 e. The Balaban J connectivity index is 1.09. The predicted molar refractivity (Wildman–Crippen MR) is 210 cm³/mol. The lowest BCUT2D eigenvalue weighted by Gasteiger charge is -2.26. The second kappa shape index (κ2) is 11.9. The second-order valence-electron chi connectivity index (χ2n) is 12.7. The molecule has 4 nitrogen and oxygen atoms in total. The third kappa shape index (κ3) is 4.96. The molecule has 2 aromatic heterocycles. The molecule has 0 bridgehead atoms. The summed E-state index contributed by atoms with van der Waals surface area (Å²) in [5.41, 5.74) is 11.9. The first-order valence-corrected chi connectivity index (χ1v) is 17.1. The number of hydrogen-bond donors (Lipinski definition) is 0. The van der Waals surface area contributed by atoms with E-state index in [1.165, 1.54) is 11.1 Å². The van der Waals surface area contributed by atoms with Gasteiger partial charge < -0.3 is 13.7 Å². The van der Waals surface area contributed by atoms with Crippen LogP contribution in [0, 0.1) is 0 Å². The van der Waals surface area contributed by atoms with E-state index in [-0.39, 0.29) is 0 Å². The van der Waals surface area contributed by atoms with Crippen molar-refractivity contribution in [1.29, 1.82) is 0 Å². The van der Waals surface area contributed by atoms with Crippen molar-refractivity contribution in [3.63, 3.8) is 0 Å². The number of aromatic nitrogens is 1. The molecule has 0 aliphatic rings. The molecule has 0 N–H and O–H groups in total. The highest BCUT2D eigenvalue weighted by atomic mass is 16.3. The van der Waals surface area contributed by atoms with Gasteiger partial charge in [-0.25, -0.2) is 4.98 Å². The molecular weight excluding hydrogens is 625 g/mol. The van der Waals surface area contributed by atoms with E-state index in [0.29, 0.717) is 5.89 Å². The molecule has 0 radical (unpaired) electrons. The van der Waals surface area contributed by atoms with Crippen LogP contribution in [-0.2, 0) is 0 Å². The lowest BCUT2D eigenvalue weighted by molar-refractivity contribution is 0.621. The first-order valence-electron chi connectivity index (χ1n) is 17.1.